The minimum absolute atomic E-state index is 0.141. The van der Waals surface area contributed by atoms with Gasteiger partial charge in [0.15, 0.2) is 11.5 Å². The first kappa shape index (κ1) is 36.5. The second-order valence-electron chi connectivity index (χ2n) is 13.1. The summed E-state index contributed by atoms with van der Waals surface area (Å²) in [5.74, 6) is 0.829. The number of aliphatic hydroxyl groups excluding tert-OH is 1. The zero-order valence-corrected chi connectivity index (χ0v) is 29.2. The molecule has 0 spiro atoms. The molecule has 0 radical (unpaired) electrons. The molecule has 0 aromatic heterocycles. The number of amides is 4. The number of rotatable bonds is 8. The van der Waals surface area contributed by atoms with Gasteiger partial charge in [-0.15, -0.1) is 0 Å². The molecule has 0 saturated heterocycles. The second kappa shape index (κ2) is 17.2. The molecule has 12 nitrogen and oxygen atoms in total. The monoisotopic (exact) mass is 688 g/mol. The summed E-state index contributed by atoms with van der Waals surface area (Å²) in [4.78, 5) is 43.7. The van der Waals surface area contributed by atoms with Crippen molar-refractivity contribution in [3.05, 3.63) is 77.9 Å². The van der Waals surface area contributed by atoms with Crippen LogP contribution in [0.1, 0.15) is 56.0 Å². The standard InChI is InChI=1S/C38H48N4O8/c1-25-21-42(26(2)23-43)37(45)31-19-29(39-36(44)18-28-11-6-5-7-12-28)13-15-32(31)50-27(3)10-8-9-17-47-35(25)22-41(4)38(46)40-30-14-16-33-34(20-30)49-24-48-33/h5-7,11-16,19-20,25-27,35,43H,8-10,17-18,21-24H2,1-4H3,(H,39,44)(H,40,46)/t25-,26-,27+,35+/m1/s1. The van der Waals surface area contributed by atoms with Crippen LogP contribution >= 0.6 is 0 Å². The van der Waals surface area contributed by atoms with Gasteiger partial charge in [-0.25, -0.2) is 4.79 Å². The average molecular weight is 689 g/mol. The molecule has 2 aliphatic rings. The number of nitrogens with one attached hydrogen (secondary N) is 2. The maximum atomic E-state index is 14.4. The first-order valence-electron chi connectivity index (χ1n) is 17.2. The largest absolute Gasteiger partial charge is 0.490 e. The smallest absolute Gasteiger partial charge is 0.321 e. The Kier molecular flexibility index (Phi) is 12.6. The highest BCUT2D eigenvalue weighted by Crippen LogP contribution is 2.34. The molecule has 2 heterocycles. The fourth-order valence-electron chi connectivity index (χ4n) is 6.00. The Morgan fingerprint density at radius 1 is 0.960 bits per heavy atom. The van der Waals surface area contributed by atoms with Crippen molar-refractivity contribution in [2.24, 2.45) is 5.92 Å². The molecular weight excluding hydrogens is 640 g/mol. The topological polar surface area (TPSA) is 139 Å². The quantitative estimate of drug-likeness (QED) is 0.280. The lowest BCUT2D eigenvalue weighted by Crippen LogP contribution is -2.48. The van der Waals surface area contributed by atoms with Gasteiger partial charge in [-0.1, -0.05) is 37.3 Å². The number of hydrogen-bond donors (Lipinski definition) is 3. The van der Waals surface area contributed by atoms with Gasteiger partial charge in [0, 0.05) is 50.1 Å². The predicted octanol–water partition coefficient (Wildman–Crippen LogP) is 5.56. The van der Waals surface area contributed by atoms with Crippen LogP contribution in [0.2, 0.25) is 0 Å². The van der Waals surface area contributed by atoms with Gasteiger partial charge in [0.2, 0.25) is 12.7 Å². The summed E-state index contributed by atoms with van der Waals surface area (Å²) < 4.78 is 23.5. The molecular formula is C38H48N4O8. The Labute approximate surface area is 293 Å². The third-order valence-electron chi connectivity index (χ3n) is 8.97. The molecule has 50 heavy (non-hydrogen) atoms. The van der Waals surface area contributed by atoms with E-state index in [4.69, 9.17) is 18.9 Å². The number of hydrogen-bond acceptors (Lipinski definition) is 8. The van der Waals surface area contributed by atoms with Crippen molar-refractivity contribution in [2.45, 2.75) is 64.7 Å². The van der Waals surface area contributed by atoms with Crippen LogP contribution in [0.4, 0.5) is 16.2 Å². The maximum Gasteiger partial charge on any atom is 0.321 e. The van der Waals surface area contributed by atoms with Crippen LogP contribution in [0.3, 0.4) is 0 Å². The number of fused-ring (bicyclic) bond motifs is 2. The lowest BCUT2D eigenvalue weighted by Gasteiger charge is -2.35. The molecule has 3 aromatic carbocycles. The van der Waals surface area contributed by atoms with E-state index in [0.717, 1.165) is 24.8 Å². The molecule has 3 N–H and O–H groups in total. The maximum absolute atomic E-state index is 14.4. The van der Waals surface area contributed by atoms with Gasteiger partial charge in [-0.2, -0.15) is 0 Å². The molecule has 4 amide bonds. The highest BCUT2D eigenvalue weighted by atomic mass is 16.7. The van der Waals surface area contributed by atoms with Gasteiger partial charge < -0.3 is 44.5 Å². The molecule has 0 bridgehead atoms. The minimum atomic E-state index is -0.535. The lowest BCUT2D eigenvalue weighted by molar-refractivity contribution is -0.115. The first-order valence-corrected chi connectivity index (χ1v) is 17.2. The fraction of sp³-hybridized carbons (Fsp3) is 0.447. The average Bonchev–Trinajstić information content (AvgIpc) is 3.58. The van der Waals surface area contributed by atoms with E-state index in [1.165, 1.54) is 0 Å². The van der Waals surface area contributed by atoms with E-state index in [2.05, 4.69) is 10.6 Å². The third-order valence-corrected chi connectivity index (χ3v) is 8.97. The van der Waals surface area contributed by atoms with Gasteiger partial charge >= 0.3 is 6.03 Å². The van der Waals surface area contributed by atoms with Crippen molar-refractivity contribution in [3.8, 4) is 17.2 Å². The lowest BCUT2D eigenvalue weighted by atomic mass is 10.0. The number of benzene rings is 3. The molecule has 268 valence electrons. The van der Waals surface area contributed by atoms with Crippen LogP contribution in [0.5, 0.6) is 17.2 Å². The summed E-state index contributed by atoms with van der Waals surface area (Å²) in [6.07, 6.45) is 1.96. The Morgan fingerprint density at radius 2 is 1.68 bits per heavy atom. The fourth-order valence-corrected chi connectivity index (χ4v) is 6.00. The highest BCUT2D eigenvalue weighted by molar-refractivity contribution is 6.00. The van der Waals surface area contributed by atoms with Crippen LogP contribution in [-0.2, 0) is 16.0 Å². The Morgan fingerprint density at radius 3 is 2.44 bits per heavy atom. The van der Waals surface area contributed by atoms with Gasteiger partial charge in [-0.05, 0) is 69.0 Å². The predicted molar refractivity (Wildman–Crippen MR) is 190 cm³/mol. The van der Waals surface area contributed by atoms with Crippen molar-refractivity contribution in [1.29, 1.82) is 0 Å². The van der Waals surface area contributed by atoms with E-state index in [0.29, 0.717) is 35.2 Å². The van der Waals surface area contributed by atoms with Gasteiger partial charge in [0.25, 0.3) is 5.91 Å². The Hall–Kier alpha value is -4.81. The molecule has 3 aromatic rings. The molecule has 0 fully saturated rings. The number of aliphatic hydroxyl groups is 1. The summed E-state index contributed by atoms with van der Waals surface area (Å²) in [6.45, 7) is 6.58. The summed E-state index contributed by atoms with van der Waals surface area (Å²) in [5, 5.41) is 16.1. The second-order valence-corrected chi connectivity index (χ2v) is 13.1. The van der Waals surface area contributed by atoms with Crippen molar-refractivity contribution in [3.63, 3.8) is 0 Å². The zero-order chi connectivity index (χ0) is 35.6. The summed E-state index contributed by atoms with van der Waals surface area (Å²) in [7, 11) is 1.70. The van der Waals surface area contributed by atoms with Crippen molar-refractivity contribution in [2.75, 3.05) is 50.8 Å². The van der Waals surface area contributed by atoms with Gasteiger partial charge in [-0.3, -0.25) is 9.59 Å². The molecule has 4 atom stereocenters. The van der Waals surface area contributed by atoms with Crippen LogP contribution in [0.25, 0.3) is 0 Å². The molecule has 12 heteroatoms. The van der Waals surface area contributed by atoms with E-state index in [-0.39, 0.29) is 68.3 Å². The minimum Gasteiger partial charge on any atom is -0.490 e. The van der Waals surface area contributed by atoms with Gasteiger partial charge in [0.1, 0.15) is 5.75 Å². The van der Waals surface area contributed by atoms with E-state index >= 15 is 0 Å². The number of carbonyl (C=O) groups is 3. The van der Waals surface area contributed by atoms with Crippen LogP contribution < -0.4 is 24.8 Å². The van der Waals surface area contributed by atoms with Crippen LogP contribution in [0, 0.1) is 5.92 Å². The normalized spacial score (nSPS) is 20.1. The number of ether oxygens (including phenoxy) is 4. The molecule has 2 aliphatic heterocycles. The molecule has 5 rings (SSSR count). The SMILES string of the molecule is C[C@@H]1CN([C@H](C)CO)C(=O)c2cc(NC(=O)Cc3ccccc3)ccc2O[C@@H](C)CCCCO[C@H]1CN(C)C(=O)Nc1ccc2c(c1)OCO2. The third kappa shape index (κ3) is 9.66. The van der Waals surface area contributed by atoms with Crippen LogP contribution in [0.15, 0.2) is 66.7 Å². The van der Waals surface area contributed by atoms with Crippen LogP contribution in [-0.4, -0.2) is 91.1 Å². The zero-order valence-electron chi connectivity index (χ0n) is 29.2. The van der Waals surface area contributed by atoms with E-state index in [1.807, 2.05) is 44.2 Å². The molecule has 0 saturated carbocycles. The summed E-state index contributed by atoms with van der Waals surface area (Å²) in [5.41, 5.74) is 2.21. The van der Waals surface area contributed by atoms with E-state index < -0.39 is 12.1 Å². The number of anilines is 2. The Balaban J connectivity index is 1.35. The summed E-state index contributed by atoms with van der Waals surface area (Å²) >= 11 is 0. The van der Waals surface area contributed by atoms with E-state index in [9.17, 15) is 19.5 Å². The van der Waals surface area contributed by atoms with Crippen molar-refractivity contribution in [1.82, 2.24) is 9.80 Å². The molecule has 0 aliphatic carbocycles. The van der Waals surface area contributed by atoms with Gasteiger partial charge in [0.05, 0.1) is 36.8 Å². The Bertz CT molecular complexity index is 1620. The highest BCUT2D eigenvalue weighted by Gasteiger charge is 2.31. The van der Waals surface area contributed by atoms with Crippen molar-refractivity contribution < 1.29 is 38.4 Å². The first-order chi connectivity index (χ1) is 24.1. The number of urea groups is 1. The number of carbonyl (C=O) groups excluding carboxylic acids is 3. The van der Waals surface area contributed by atoms with Crippen molar-refractivity contribution >= 4 is 29.2 Å². The number of nitrogens with zero attached hydrogens (tertiary/aromatic N) is 2. The van der Waals surface area contributed by atoms with E-state index in [1.54, 1.807) is 60.2 Å². The number of likely N-dealkylation sites (N-methyl/N-ethyl adjacent to an activating group) is 1. The molecule has 0 unspecified atom stereocenters. The summed E-state index contributed by atoms with van der Waals surface area (Å²) in [6, 6.07) is 18.9.